The number of hydrogen-bond acceptors (Lipinski definition) is 7. The number of anilines is 1. The Hall–Kier alpha value is -3.94. The summed E-state index contributed by atoms with van der Waals surface area (Å²) in [6, 6.07) is 13.0. The normalized spacial score (nSPS) is 14.1. The Morgan fingerprint density at radius 3 is 2.55 bits per heavy atom. The molecule has 3 aromatic rings. The summed E-state index contributed by atoms with van der Waals surface area (Å²) in [5.74, 6) is 0.605. The summed E-state index contributed by atoms with van der Waals surface area (Å²) < 4.78 is 4.82. The van der Waals surface area contributed by atoms with Crippen LogP contribution in [-0.2, 0) is 14.3 Å². The van der Waals surface area contributed by atoms with Crippen molar-refractivity contribution in [1.29, 1.82) is 0 Å². The number of nitrogens with zero attached hydrogens (tertiary/aromatic N) is 4. The van der Waals surface area contributed by atoms with Gasteiger partial charge < -0.3 is 19.6 Å². The molecule has 2 aromatic carbocycles. The highest BCUT2D eigenvalue weighted by atomic mass is 16.5. The fraction of sp³-hybridized carbons (Fsp3) is 0.280. The van der Waals surface area contributed by atoms with Crippen molar-refractivity contribution in [2.75, 3.05) is 37.7 Å². The predicted octanol–water partition coefficient (Wildman–Crippen LogP) is 3.08. The Morgan fingerprint density at radius 2 is 1.82 bits per heavy atom. The van der Waals surface area contributed by atoms with Gasteiger partial charge in [0.05, 0.1) is 17.7 Å². The average molecular weight is 447 g/mol. The number of carbonyl (C=O) groups is 2. The molecule has 0 atom stereocenters. The van der Waals surface area contributed by atoms with Crippen molar-refractivity contribution in [2.45, 2.75) is 13.8 Å². The van der Waals surface area contributed by atoms with Gasteiger partial charge in [0.15, 0.2) is 5.82 Å². The lowest BCUT2D eigenvalue weighted by atomic mass is 10.1. The van der Waals surface area contributed by atoms with Crippen LogP contribution < -0.4 is 4.90 Å². The van der Waals surface area contributed by atoms with E-state index in [0.29, 0.717) is 37.6 Å². The van der Waals surface area contributed by atoms with Crippen molar-refractivity contribution in [3.8, 4) is 17.1 Å². The average Bonchev–Trinajstić information content (AvgIpc) is 2.82. The summed E-state index contributed by atoms with van der Waals surface area (Å²) >= 11 is 0. The standard InChI is InChI=1S/C25H26N4O4/c1-3-33-23(32)11-10-22(31)28-12-14-29(15-13-28)25-18-9-8-17(2)16-20(18)26-24(27-25)19-6-4-5-7-21(19)30/h4-11,16,30H,3,12-15H2,1-2H3/b11-10+. The van der Waals surface area contributed by atoms with Crippen LogP contribution in [0.15, 0.2) is 54.6 Å². The summed E-state index contributed by atoms with van der Waals surface area (Å²) in [7, 11) is 0. The van der Waals surface area contributed by atoms with Crippen LogP contribution in [0, 0.1) is 6.92 Å². The summed E-state index contributed by atoms with van der Waals surface area (Å²) in [5.41, 5.74) is 2.45. The van der Waals surface area contributed by atoms with Crippen LogP contribution in [0.25, 0.3) is 22.3 Å². The number of aryl methyl sites for hydroxylation is 1. The molecule has 0 bridgehead atoms. The molecule has 8 heteroatoms. The second-order valence-electron chi connectivity index (χ2n) is 7.81. The molecular formula is C25H26N4O4. The van der Waals surface area contributed by atoms with Crippen molar-refractivity contribution in [3.05, 3.63) is 60.2 Å². The number of benzene rings is 2. The maximum absolute atomic E-state index is 12.4. The van der Waals surface area contributed by atoms with Gasteiger partial charge in [-0.05, 0) is 43.7 Å². The first-order chi connectivity index (χ1) is 16.0. The predicted molar refractivity (Wildman–Crippen MR) is 126 cm³/mol. The molecule has 1 aliphatic heterocycles. The molecule has 1 aliphatic rings. The molecule has 8 nitrogen and oxygen atoms in total. The van der Waals surface area contributed by atoms with Gasteiger partial charge in [0.2, 0.25) is 5.91 Å². The topological polar surface area (TPSA) is 95.9 Å². The maximum atomic E-state index is 12.4. The third-order valence-electron chi connectivity index (χ3n) is 5.52. The SMILES string of the molecule is CCOC(=O)/C=C/C(=O)N1CCN(c2nc(-c3ccccc3O)nc3cc(C)ccc23)CC1. The van der Waals surface area contributed by atoms with Gasteiger partial charge in [-0.3, -0.25) is 4.79 Å². The number of para-hydroxylation sites is 1. The number of rotatable bonds is 5. The van der Waals surface area contributed by atoms with Gasteiger partial charge in [-0.25, -0.2) is 14.8 Å². The number of aromatic hydroxyl groups is 1. The summed E-state index contributed by atoms with van der Waals surface area (Å²) in [6.07, 6.45) is 2.42. The van der Waals surface area contributed by atoms with Crippen LogP contribution in [0.5, 0.6) is 5.75 Å². The Morgan fingerprint density at radius 1 is 1.06 bits per heavy atom. The zero-order valence-corrected chi connectivity index (χ0v) is 18.7. The lowest BCUT2D eigenvalue weighted by Crippen LogP contribution is -2.48. The number of fused-ring (bicyclic) bond motifs is 1. The molecule has 170 valence electrons. The molecular weight excluding hydrogens is 420 g/mol. The largest absolute Gasteiger partial charge is 0.507 e. The number of hydrogen-bond donors (Lipinski definition) is 1. The first-order valence-electron chi connectivity index (χ1n) is 10.9. The molecule has 0 unspecified atom stereocenters. The fourth-order valence-electron chi connectivity index (χ4n) is 3.82. The highest BCUT2D eigenvalue weighted by Crippen LogP contribution is 2.32. The van der Waals surface area contributed by atoms with Crippen molar-refractivity contribution in [1.82, 2.24) is 14.9 Å². The van der Waals surface area contributed by atoms with Crippen LogP contribution in [-0.4, -0.2) is 64.6 Å². The molecule has 0 aliphatic carbocycles. The van der Waals surface area contributed by atoms with E-state index in [9.17, 15) is 14.7 Å². The van der Waals surface area contributed by atoms with Gasteiger partial charge >= 0.3 is 5.97 Å². The van der Waals surface area contributed by atoms with E-state index < -0.39 is 5.97 Å². The van der Waals surface area contributed by atoms with E-state index in [2.05, 4.69) is 4.90 Å². The van der Waals surface area contributed by atoms with E-state index in [4.69, 9.17) is 14.7 Å². The molecule has 33 heavy (non-hydrogen) atoms. The molecule has 2 heterocycles. The van der Waals surface area contributed by atoms with Gasteiger partial charge in [0, 0.05) is 43.7 Å². The number of amides is 1. The second-order valence-corrected chi connectivity index (χ2v) is 7.81. The van der Waals surface area contributed by atoms with Crippen LogP contribution in [0.3, 0.4) is 0 Å². The maximum Gasteiger partial charge on any atom is 0.330 e. The summed E-state index contributed by atoms with van der Waals surface area (Å²) in [6.45, 7) is 6.15. The minimum Gasteiger partial charge on any atom is -0.507 e. The third-order valence-corrected chi connectivity index (χ3v) is 5.52. The van der Waals surface area contributed by atoms with Crippen molar-refractivity contribution in [2.24, 2.45) is 0 Å². The molecule has 1 fully saturated rings. The lowest BCUT2D eigenvalue weighted by Gasteiger charge is -2.35. The van der Waals surface area contributed by atoms with E-state index in [1.54, 1.807) is 30.0 Å². The summed E-state index contributed by atoms with van der Waals surface area (Å²) in [5, 5.41) is 11.3. The number of piperazine rings is 1. The number of carbonyl (C=O) groups excluding carboxylic acids is 2. The Labute approximate surface area is 192 Å². The van der Waals surface area contributed by atoms with Gasteiger partial charge in [-0.1, -0.05) is 18.2 Å². The highest BCUT2D eigenvalue weighted by molar-refractivity contribution is 5.95. The van der Waals surface area contributed by atoms with E-state index >= 15 is 0 Å². The number of aromatic nitrogens is 2. The molecule has 1 saturated heterocycles. The number of phenolic OH excluding ortho intramolecular Hbond substituents is 1. The third kappa shape index (κ3) is 4.95. The first-order valence-corrected chi connectivity index (χ1v) is 10.9. The highest BCUT2D eigenvalue weighted by Gasteiger charge is 2.23. The van der Waals surface area contributed by atoms with E-state index in [1.807, 2.05) is 31.2 Å². The van der Waals surface area contributed by atoms with E-state index in [-0.39, 0.29) is 18.3 Å². The number of ether oxygens (including phenoxy) is 1. The summed E-state index contributed by atoms with van der Waals surface area (Å²) in [4.78, 5) is 37.2. The number of phenols is 1. The molecule has 4 rings (SSSR count). The molecule has 1 aromatic heterocycles. The minimum absolute atomic E-state index is 0.124. The molecule has 0 spiro atoms. The molecule has 1 N–H and O–H groups in total. The second kappa shape index (κ2) is 9.68. The number of esters is 1. The van der Waals surface area contributed by atoms with Gasteiger partial charge in [0.1, 0.15) is 11.6 Å². The van der Waals surface area contributed by atoms with E-state index in [0.717, 1.165) is 28.4 Å². The smallest absolute Gasteiger partial charge is 0.330 e. The van der Waals surface area contributed by atoms with Crippen molar-refractivity contribution >= 4 is 28.6 Å². The first kappa shape index (κ1) is 22.3. The minimum atomic E-state index is -0.524. The zero-order valence-electron chi connectivity index (χ0n) is 18.7. The van der Waals surface area contributed by atoms with Crippen LogP contribution >= 0.6 is 0 Å². The van der Waals surface area contributed by atoms with Crippen LogP contribution in [0.4, 0.5) is 5.82 Å². The fourth-order valence-corrected chi connectivity index (χ4v) is 3.82. The Kier molecular flexibility index (Phi) is 6.53. The molecule has 0 radical (unpaired) electrons. The lowest BCUT2D eigenvalue weighted by molar-refractivity contribution is -0.137. The molecule has 1 amide bonds. The van der Waals surface area contributed by atoms with Gasteiger partial charge in [-0.2, -0.15) is 0 Å². The van der Waals surface area contributed by atoms with Gasteiger partial charge in [0.25, 0.3) is 0 Å². The van der Waals surface area contributed by atoms with Crippen molar-refractivity contribution in [3.63, 3.8) is 0 Å². The van der Waals surface area contributed by atoms with Crippen LogP contribution in [0.1, 0.15) is 12.5 Å². The van der Waals surface area contributed by atoms with Crippen molar-refractivity contribution < 1.29 is 19.4 Å². The monoisotopic (exact) mass is 446 g/mol. The van der Waals surface area contributed by atoms with Gasteiger partial charge in [-0.15, -0.1) is 0 Å². The Bertz CT molecular complexity index is 1220. The van der Waals surface area contributed by atoms with E-state index in [1.165, 1.54) is 6.08 Å². The zero-order chi connectivity index (χ0) is 23.4. The van der Waals surface area contributed by atoms with Crippen LogP contribution in [0.2, 0.25) is 0 Å². The molecule has 0 saturated carbocycles. The Balaban J connectivity index is 1.59. The quantitative estimate of drug-likeness (QED) is 0.475.